The molecular formula is C30H30F3N5O3. The van der Waals surface area contributed by atoms with Crippen molar-refractivity contribution in [2.75, 3.05) is 19.8 Å². The lowest BCUT2D eigenvalue weighted by Gasteiger charge is -2.22. The summed E-state index contributed by atoms with van der Waals surface area (Å²) in [7, 11) is 3.92. The summed E-state index contributed by atoms with van der Waals surface area (Å²) >= 11 is 0. The Bertz CT molecular complexity index is 1490. The molecule has 0 spiro atoms. The van der Waals surface area contributed by atoms with Crippen LogP contribution in [-0.2, 0) is 17.8 Å². The highest BCUT2D eigenvalue weighted by Crippen LogP contribution is 2.38. The normalized spacial score (nSPS) is 13.1. The lowest BCUT2D eigenvalue weighted by Crippen LogP contribution is -2.32. The quantitative estimate of drug-likeness (QED) is 0.243. The van der Waals surface area contributed by atoms with Gasteiger partial charge >= 0.3 is 12.1 Å². The minimum atomic E-state index is -4.74. The van der Waals surface area contributed by atoms with Gasteiger partial charge in [0.1, 0.15) is 6.04 Å². The molecule has 2 atom stereocenters. The van der Waals surface area contributed by atoms with Gasteiger partial charge in [0, 0.05) is 23.7 Å². The van der Waals surface area contributed by atoms with Gasteiger partial charge in [-0.1, -0.05) is 66.7 Å². The first-order chi connectivity index (χ1) is 19.4. The number of nitrogens with zero attached hydrogens (tertiary/aromatic N) is 3. The average Bonchev–Trinajstić information content (AvgIpc) is 2.91. The van der Waals surface area contributed by atoms with Crippen LogP contribution in [0.3, 0.4) is 0 Å². The molecule has 11 heteroatoms. The number of alkyl halides is 3. The first-order valence-electron chi connectivity index (χ1n) is 12.7. The van der Waals surface area contributed by atoms with Crippen LogP contribution in [-0.4, -0.2) is 52.3 Å². The molecule has 0 aliphatic carbocycles. The molecule has 3 aromatic carbocycles. The third-order valence-corrected chi connectivity index (χ3v) is 6.25. The van der Waals surface area contributed by atoms with Crippen LogP contribution < -0.4 is 16.2 Å². The fourth-order valence-electron chi connectivity index (χ4n) is 4.31. The Morgan fingerprint density at radius 1 is 0.927 bits per heavy atom. The van der Waals surface area contributed by atoms with Crippen LogP contribution in [0.5, 0.6) is 5.88 Å². The van der Waals surface area contributed by atoms with Crippen molar-refractivity contribution in [3.8, 4) is 28.3 Å². The summed E-state index contributed by atoms with van der Waals surface area (Å²) in [5, 5.41) is 9.00. The van der Waals surface area contributed by atoms with Crippen molar-refractivity contribution in [3.63, 3.8) is 0 Å². The van der Waals surface area contributed by atoms with Crippen LogP contribution in [0.15, 0.2) is 78.9 Å². The van der Waals surface area contributed by atoms with E-state index in [2.05, 4.69) is 9.97 Å². The lowest BCUT2D eigenvalue weighted by molar-refractivity contribution is -0.198. The molecule has 5 N–H and O–H groups in total. The van der Waals surface area contributed by atoms with Gasteiger partial charge in [0.2, 0.25) is 17.9 Å². The number of rotatable bonds is 10. The first kappa shape index (κ1) is 29.5. The Morgan fingerprint density at radius 2 is 1.59 bits per heavy atom. The van der Waals surface area contributed by atoms with Gasteiger partial charge in [0.25, 0.3) is 0 Å². The number of aromatic nitrogens is 2. The number of hydrogen-bond acceptors (Lipinski definition) is 7. The highest BCUT2D eigenvalue weighted by molar-refractivity contribution is 5.73. The van der Waals surface area contributed by atoms with Crippen LogP contribution in [0.2, 0.25) is 0 Å². The standard InChI is InChI=1S/C30H30F3N5O3/c1-38(2)17-19-4-3-5-23(14-19)20-10-12-22(13-11-20)27(30(31,32)33)41-26-16-25(36-29(35)37-26)21-8-6-18(7-9-21)15-24(34)28(39)40/h3-14,16,24,27H,15,17,34H2,1-2H3,(H,39,40)(H2,35,36,37)/t24?,27-/m1/s1. The van der Waals surface area contributed by atoms with Crippen LogP contribution in [0.25, 0.3) is 22.4 Å². The fourth-order valence-corrected chi connectivity index (χ4v) is 4.31. The number of halogens is 3. The molecule has 0 bridgehead atoms. The van der Waals surface area contributed by atoms with Crippen LogP contribution in [0.4, 0.5) is 19.1 Å². The maximum Gasteiger partial charge on any atom is 0.429 e. The van der Waals surface area contributed by atoms with Crippen molar-refractivity contribution < 1.29 is 27.8 Å². The molecule has 0 saturated carbocycles. The molecule has 0 fully saturated rings. The molecule has 1 heterocycles. The van der Waals surface area contributed by atoms with Gasteiger partial charge < -0.3 is 26.2 Å². The third-order valence-electron chi connectivity index (χ3n) is 6.25. The number of anilines is 1. The van der Waals surface area contributed by atoms with E-state index in [-0.39, 0.29) is 29.5 Å². The van der Waals surface area contributed by atoms with E-state index in [4.69, 9.17) is 21.3 Å². The second-order valence-corrected chi connectivity index (χ2v) is 9.90. The molecule has 1 aromatic heterocycles. The summed E-state index contributed by atoms with van der Waals surface area (Å²) < 4.78 is 47.9. The molecule has 4 aromatic rings. The number of aliphatic carboxylic acids is 1. The summed E-state index contributed by atoms with van der Waals surface area (Å²) in [4.78, 5) is 21.0. The van der Waals surface area contributed by atoms with Crippen molar-refractivity contribution in [2.24, 2.45) is 5.73 Å². The Labute approximate surface area is 235 Å². The molecule has 41 heavy (non-hydrogen) atoms. The van der Waals surface area contributed by atoms with E-state index < -0.39 is 24.3 Å². The van der Waals surface area contributed by atoms with Gasteiger partial charge in [0.15, 0.2) is 0 Å². The summed E-state index contributed by atoms with van der Waals surface area (Å²) in [6, 6.07) is 20.7. The van der Waals surface area contributed by atoms with Gasteiger partial charge in [-0.2, -0.15) is 18.2 Å². The van der Waals surface area contributed by atoms with E-state index in [1.807, 2.05) is 43.3 Å². The number of carbonyl (C=O) groups is 1. The zero-order chi connectivity index (χ0) is 29.7. The minimum Gasteiger partial charge on any atom is -0.480 e. The lowest BCUT2D eigenvalue weighted by atomic mass is 10.00. The van der Waals surface area contributed by atoms with E-state index in [0.717, 1.165) is 23.2 Å². The number of ether oxygens (including phenoxy) is 1. The molecule has 4 rings (SSSR count). The zero-order valence-electron chi connectivity index (χ0n) is 22.5. The van der Waals surface area contributed by atoms with E-state index >= 15 is 0 Å². The monoisotopic (exact) mass is 565 g/mol. The molecule has 0 aliphatic heterocycles. The second kappa shape index (κ2) is 12.4. The predicted octanol–water partition coefficient (Wildman–Crippen LogP) is 5.09. The Kier molecular flexibility index (Phi) is 8.89. The van der Waals surface area contributed by atoms with E-state index in [0.29, 0.717) is 11.1 Å². The number of nitrogens with two attached hydrogens (primary N) is 2. The topological polar surface area (TPSA) is 128 Å². The highest BCUT2D eigenvalue weighted by Gasteiger charge is 2.43. The van der Waals surface area contributed by atoms with Gasteiger partial charge in [-0.15, -0.1) is 0 Å². The summed E-state index contributed by atoms with van der Waals surface area (Å²) in [5.74, 6) is -1.72. The molecule has 1 unspecified atom stereocenters. The SMILES string of the molecule is CN(C)Cc1cccc(-c2ccc([C@@H](Oc3cc(-c4ccc(CC(N)C(=O)O)cc4)nc(N)n3)C(F)(F)F)cc2)c1. The van der Waals surface area contributed by atoms with E-state index in [1.54, 1.807) is 36.4 Å². The van der Waals surface area contributed by atoms with Crippen LogP contribution >= 0.6 is 0 Å². The number of hydrogen-bond donors (Lipinski definition) is 3. The summed E-state index contributed by atoms with van der Waals surface area (Å²) in [6.07, 6.45) is -6.92. The summed E-state index contributed by atoms with van der Waals surface area (Å²) in [5.41, 5.74) is 15.5. The van der Waals surface area contributed by atoms with Crippen molar-refractivity contribution >= 4 is 11.9 Å². The average molecular weight is 566 g/mol. The molecular weight excluding hydrogens is 535 g/mol. The van der Waals surface area contributed by atoms with Crippen molar-refractivity contribution in [3.05, 3.63) is 95.6 Å². The largest absolute Gasteiger partial charge is 0.480 e. The van der Waals surface area contributed by atoms with Crippen molar-refractivity contribution in [2.45, 2.75) is 31.3 Å². The Balaban J connectivity index is 1.57. The van der Waals surface area contributed by atoms with Gasteiger partial charge in [-0.25, -0.2) is 4.98 Å². The Hall–Kier alpha value is -4.48. The molecule has 214 valence electrons. The predicted molar refractivity (Wildman–Crippen MR) is 150 cm³/mol. The zero-order valence-corrected chi connectivity index (χ0v) is 22.5. The van der Waals surface area contributed by atoms with E-state index in [1.165, 1.54) is 18.2 Å². The van der Waals surface area contributed by atoms with Gasteiger partial charge in [-0.3, -0.25) is 4.79 Å². The fraction of sp³-hybridized carbons (Fsp3) is 0.233. The first-order valence-corrected chi connectivity index (χ1v) is 12.7. The number of nitrogen functional groups attached to an aromatic ring is 1. The number of benzene rings is 3. The van der Waals surface area contributed by atoms with Crippen LogP contribution in [0.1, 0.15) is 22.8 Å². The molecule has 0 radical (unpaired) electrons. The second-order valence-electron chi connectivity index (χ2n) is 9.90. The van der Waals surface area contributed by atoms with Gasteiger partial charge in [0.05, 0.1) is 5.69 Å². The Morgan fingerprint density at radius 3 is 2.20 bits per heavy atom. The van der Waals surface area contributed by atoms with Crippen LogP contribution in [0, 0.1) is 0 Å². The molecule has 0 saturated heterocycles. The van der Waals surface area contributed by atoms with Gasteiger partial charge in [-0.05, 0) is 48.8 Å². The molecule has 0 amide bonds. The van der Waals surface area contributed by atoms with E-state index in [9.17, 15) is 18.0 Å². The number of carboxylic acid groups (broad SMARTS) is 1. The smallest absolute Gasteiger partial charge is 0.429 e. The molecule has 8 nitrogen and oxygen atoms in total. The summed E-state index contributed by atoms with van der Waals surface area (Å²) in [6.45, 7) is 0.739. The highest BCUT2D eigenvalue weighted by atomic mass is 19.4. The molecule has 0 aliphatic rings. The maximum atomic E-state index is 14.2. The maximum absolute atomic E-state index is 14.2. The minimum absolute atomic E-state index is 0.0939. The number of carboxylic acids is 1. The van der Waals surface area contributed by atoms with Crippen molar-refractivity contribution in [1.29, 1.82) is 0 Å². The van der Waals surface area contributed by atoms with Crippen molar-refractivity contribution in [1.82, 2.24) is 14.9 Å². The third kappa shape index (κ3) is 7.80.